The second kappa shape index (κ2) is 5.32. The van der Waals surface area contributed by atoms with Crippen molar-refractivity contribution in [3.63, 3.8) is 0 Å². The first-order chi connectivity index (χ1) is 10.2. The molecule has 0 unspecified atom stereocenters. The van der Waals surface area contributed by atoms with Crippen molar-refractivity contribution in [2.45, 2.75) is 13.8 Å². The van der Waals surface area contributed by atoms with Crippen molar-refractivity contribution >= 4 is 22.8 Å². The Kier molecular flexibility index (Phi) is 3.35. The second-order valence-electron chi connectivity index (χ2n) is 4.64. The molecule has 0 bridgehead atoms. The quantitative estimate of drug-likeness (QED) is 0.795. The number of ether oxygens (including phenoxy) is 1. The van der Waals surface area contributed by atoms with E-state index in [0.717, 1.165) is 22.3 Å². The molecule has 6 heteroatoms. The van der Waals surface area contributed by atoms with Crippen LogP contribution in [-0.4, -0.2) is 27.0 Å². The number of nitrogens with zero attached hydrogens (tertiary/aromatic N) is 4. The molecule has 0 amide bonds. The number of hydrogen-bond donors (Lipinski definition) is 1. The predicted molar refractivity (Wildman–Crippen MR) is 80.9 cm³/mol. The molecule has 0 radical (unpaired) electrons. The van der Waals surface area contributed by atoms with Crippen molar-refractivity contribution in [3.05, 3.63) is 41.9 Å². The minimum Gasteiger partial charge on any atom is -0.494 e. The minimum absolute atomic E-state index is 0.454. The average Bonchev–Trinajstić information content (AvgIpc) is 2.47. The van der Waals surface area contributed by atoms with E-state index in [1.165, 1.54) is 0 Å². The standard InChI is InChI=1S/C15H15N5O/c1-9-7-8-16-14(17-9)20-15-18-10(2)11-5-4-6-12(21-3)13(11)19-15/h4-8H,1-3H3,(H,16,17,18,19,20). The first-order valence-electron chi connectivity index (χ1n) is 6.55. The minimum atomic E-state index is 0.454. The first kappa shape index (κ1) is 13.2. The third kappa shape index (κ3) is 2.60. The fraction of sp³-hybridized carbons (Fsp3) is 0.200. The largest absolute Gasteiger partial charge is 0.494 e. The molecule has 0 saturated heterocycles. The van der Waals surface area contributed by atoms with Gasteiger partial charge in [0, 0.05) is 17.3 Å². The lowest BCUT2D eigenvalue weighted by atomic mass is 10.2. The second-order valence-corrected chi connectivity index (χ2v) is 4.64. The van der Waals surface area contributed by atoms with Crippen LogP contribution in [0.4, 0.5) is 11.9 Å². The summed E-state index contributed by atoms with van der Waals surface area (Å²) in [6.07, 6.45) is 1.69. The number of hydrogen-bond acceptors (Lipinski definition) is 6. The van der Waals surface area contributed by atoms with Crippen LogP contribution in [0.3, 0.4) is 0 Å². The number of fused-ring (bicyclic) bond motifs is 1. The Balaban J connectivity index is 2.07. The van der Waals surface area contributed by atoms with Gasteiger partial charge in [0.05, 0.1) is 12.8 Å². The fourth-order valence-electron chi connectivity index (χ4n) is 2.11. The molecule has 0 aliphatic rings. The van der Waals surface area contributed by atoms with Crippen molar-refractivity contribution in [3.8, 4) is 5.75 Å². The van der Waals surface area contributed by atoms with Gasteiger partial charge in [0.1, 0.15) is 11.3 Å². The molecule has 3 rings (SSSR count). The highest BCUT2D eigenvalue weighted by Gasteiger charge is 2.09. The number of nitrogens with one attached hydrogen (secondary N) is 1. The summed E-state index contributed by atoms with van der Waals surface area (Å²) >= 11 is 0. The summed E-state index contributed by atoms with van der Waals surface area (Å²) in [6, 6.07) is 7.61. The van der Waals surface area contributed by atoms with Crippen LogP contribution in [0.15, 0.2) is 30.5 Å². The zero-order valence-electron chi connectivity index (χ0n) is 12.1. The maximum atomic E-state index is 5.36. The van der Waals surface area contributed by atoms with Gasteiger partial charge in [-0.1, -0.05) is 12.1 Å². The number of aryl methyl sites for hydroxylation is 2. The van der Waals surface area contributed by atoms with E-state index in [1.807, 2.05) is 38.1 Å². The van der Waals surface area contributed by atoms with Gasteiger partial charge in [-0.25, -0.2) is 19.9 Å². The van der Waals surface area contributed by atoms with Crippen molar-refractivity contribution in [2.24, 2.45) is 0 Å². The zero-order chi connectivity index (χ0) is 14.8. The molecule has 2 heterocycles. The molecular weight excluding hydrogens is 266 g/mol. The van der Waals surface area contributed by atoms with Gasteiger partial charge < -0.3 is 4.74 Å². The zero-order valence-corrected chi connectivity index (χ0v) is 12.1. The number of rotatable bonds is 3. The fourth-order valence-corrected chi connectivity index (χ4v) is 2.11. The van der Waals surface area contributed by atoms with Gasteiger partial charge in [-0.15, -0.1) is 0 Å². The molecule has 106 valence electrons. The maximum Gasteiger partial charge on any atom is 0.230 e. The Morgan fingerprint density at radius 3 is 2.62 bits per heavy atom. The smallest absolute Gasteiger partial charge is 0.230 e. The van der Waals surface area contributed by atoms with Gasteiger partial charge in [-0.05, 0) is 26.0 Å². The molecule has 0 fully saturated rings. The van der Waals surface area contributed by atoms with Crippen molar-refractivity contribution in [2.75, 3.05) is 12.4 Å². The monoisotopic (exact) mass is 281 g/mol. The van der Waals surface area contributed by atoms with Crippen LogP contribution in [0.5, 0.6) is 5.75 Å². The topological polar surface area (TPSA) is 72.8 Å². The van der Waals surface area contributed by atoms with Crippen LogP contribution in [-0.2, 0) is 0 Å². The number of aromatic nitrogens is 4. The van der Waals surface area contributed by atoms with Gasteiger partial charge in [0.2, 0.25) is 11.9 Å². The number of benzene rings is 1. The first-order valence-corrected chi connectivity index (χ1v) is 6.55. The Bertz CT molecular complexity index is 803. The van der Waals surface area contributed by atoms with Gasteiger partial charge in [-0.2, -0.15) is 0 Å². The molecule has 0 saturated carbocycles. The predicted octanol–water partition coefficient (Wildman–Crippen LogP) is 2.79. The highest BCUT2D eigenvalue weighted by molar-refractivity contribution is 5.87. The Morgan fingerprint density at radius 1 is 1.00 bits per heavy atom. The average molecular weight is 281 g/mol. The third-order valence-corrected chi connectivity index (χ3v) is 3.12. The van der Waals surface area contributed by atoms with Crippen LogP contribution in [0.2, 0.25) is 0 Å². The number of anilines is 2. The van der Waals surface area contributed by atoms with Gasteiger partial charge in [0.15, 0.2) is 0 Å². The highest BCUT2D eigenvalue weighted by atomic mass is 16.5. The molecular formula is C15H15N5O. The van der Waals surface area contributed by atoms with Crippen molar-refractivity contribution < 1.29 is 4.74 Å². The molecule has 3 aromatic rings. The lowest BCUT2D eigenvalue weighted by Gasteiger charge is -2.09. The molecule has 0 atom stereocenters. The number of methoxy groups -OCH3 is 1. The summed E-state index contributed by atoms with van der Waals surface area (Å²) in [5, 5.41) is 3.99. The van der Waals surface area contributed by atoms with Gasteiger partial charge in [-0.3, -0.25) is 5.32 Å². The summed E-state index contributed by atoms with van der Waals surface area (Å²) in [5.74, 6) is 1.64. The van der Waals surface area contributed by atoms with E-state index in [9.17, 15) is 0 Å². The van der Waals surface area contributed by atoms with Crippen LogP contribution in [0, 0.1) is 13.8 Å². The highest BCUT2D eigenvalue weighted by Crippen LogP contribution is 2.26. The molecule has 6 nitrogen and oxygen atoms in total. The summed E-state index contributed by atoms with van der Waals surface area (Å²) in [5.41, 5.74) is 2.51. The lowest BCUT2D eigenvalue weighted by Crippen LogP contribution is -2.03. The number of para-hydroxylation sites is 1. The van der Waals surface area contributed by atoms with Crippen LogP contribution < -0.4 is 10.1 Å². The molecule has 2 aromatic heterocycles. The summed E-state index contributed by atoms with van der Waals surface area (Å²) in [4.78, 5) is 17.4. The van der Waals surface area contributed by atoms with Crippen LogP contribution >= 0.6 is 0 Å². The van der Waals surface area contributed by atoms with E-state index in [2.05, 4.69) is 25.3 Å². The maximum absolute atomic E-state index is 5.36. The van der Waals surface area contributed by atoms with E-state index < -0.39 is 0 Å². The third-order valence-electron chi connectivity index (χ3n) is 3.12. The van der Waals surface area contributed by atoms with Gasteiger partial charge in [0.25, 0.3) is 0 Å². The van der Waals surface area contributed by atoms with Crippen molar-refractivity contribution in [1.29, 1.82) is 0 Å². The summed E-state index contributed by atoms with van der Waals surface area (Å²) < 4.78 is 5.36. The molecule has 21 heavy (non-hydrogen) atoms. The van der Waals surface area contributed by atoms with E-state index in [-0.39, 0.29) is 0 Å². The molecule has 1 aromatic carbocycles. The normalized spacial score (nSPS) is 10.6. The van der Waals surface area contributed by atoms with E-state index >= 15 is 0 Å². The van der Waals surface area contributed by atoms with E-state index in [4.69, 9.17) is 4.74 Å². The lowest BCUT2D eigenvalue weighted by molar-refractivity contribution is 0.419. The molecule has 0 spiro atoms. The molecule has 1 N–H and O–H groups in total. The van der Waals surface area contributed by atoms with E-state index in [0.29, 0.717) is 17.6 Å². The van der Waals surface area contributed by atoms with Gasteiger partial charge >= 0.3 is 0 Å². The Morgan fingerprint density at radius 2 is 1.86 bits per heavy atom. The molecule has 0 aliphatic carbocycles. The van der Waals surface area contributed by atoms with Crippen LogP contribution in [0.1, 0.15) is 11.4 Å². The van der Waals surface area contributed by atoms with Crippen molar-refractivity contribution in [1.82, 2.24) is 19.9 Å². The summed E-state index contributed by atoms with van der Waals surface area (Å²) in [6.45, 7) is 3.84. The summed E-state index contributed by atoms with van der Waals surface area (Å²) in [7, 11) is 1.63. The Hall–Kier alpha value is -2.76. The Labute approximate surface area is 122 Å². The molecule has 0 aliphatic heterocycles. The van der Waals surface area contributed by atoms with E-state index in [1.54, 1.807) is 13.3 Å². The SMILES string of the molecule is COc1cccc2c(C)nc(Nc3nccc(C)n3)nc12. The van der Waals surface area contributed by atoms with Crippen LogP contribution in [0.25, 0.3) is 10.9 Å².